The first-order chi connectivity index (χ1) is 9.04. The van der Waals surface area contributed by atoms with Gasteiger partial charge in [-0.05, 0) is 38.5 Å². The number of ether oxygens (including phenoxy) is 1. The molecule has 1 atom stereocenters. The number of hydrogen-bond acceptors (Lipinski definition) is 3. The summed E-state index contributed by atoms with van der Waals surface area (Å²) in [7, 11) is 1.35. The molecule has 1 aromatic rings. The molecule has 0 heterocycles. The number of benzene rings is 1. The van der Waals surface area contributed by atoms with Crippen LogP contribution in [-0.2, 0) is 9.53 Å². The van der Waals surface area contributed by atoms with Crippen molar-refractivity contribution in [1.82, 2.24) is 4.90 Å². The molecular formula is C15H21NO3. The number of rotatable bonds is 5. The van der Waals surface area contributed by atoms with Crippen LogP contribution >= 0.6 is 0 Å². The molecule has 0 saturated carbocycles. The molecular weight excluding hydrogens is 242 g/mol. The molecule has 4 nitrogen and oxygen atoms in total. The Kier molecular flexibility index (Phi) is 5.55. The van der Waals surface area contributed by atoms with Gasteiger partial charge in [-0.1, -0.05) is 12.1 Å². The lowest BCUT2D eigenvalue weighted by Crippen LogP contribution is -2.33. The molecule has 0 spiro atoms. The molecule has 0 aliphatic heterocycles. The second-order valence-corrected chi connectivity index (χ2v) is 4.35. The van der Waals surface area contributed by atoms with Gasteiger partial charge >= 0.3 is 5.97 Å². The van der Waals surface area contributed by atoms with Crippen molar-refractivity contribution in [1.29, 1.82) is 0 Å². The normalized spacial score (nSPS) is 11.8. The van der Waals surface area contributed by atoms with Crippen molar-refractivity contribution in [3.8, 4) is 0 Å². The minimum atomic E-state index is -0.366. The Morgan fingerprint density at radius 2 is 1.68 bits per heavy atom. The van der Waals surface area contributed by atoms with Crippen molar-refractivity contribution >= 4 is 11.9 Å². The van der Waals surface area contributed by atoms with Crippen LogP contribution in [0.3, 0.4) is 0 Å². The summed E-state index contributed by atoms with van der Waals surface area (Å²) in [5, 5.41) is 0. The summed E-state index contributed by atoms with van der Waals surface area (Å²) in [6, 6.07) is 6.98. The van der Waals surface area contributed by atoms with Crippen LogP contribution in [0.25, 0.3) is 0 Å². The van der Waals surface area contributed by atoms with E-state index in [0.29, 0.717) is 18.7 Å². The highest BCUT2D eigenvalue weighted by Crippen LogP contribution is 2.19. The van der Waals surface area contributed by atoms with E-state index in [-0.39, 0.29) is 17.8 Å². The molecule has 0 aliphatic rings. The number of likely N-dealkylation sites (N-methyl/N-ethyl adjacent to an activating group) is 1. The standard InChI is InChI=1S/C15H21NO3/c1-5-16(6-2)14(17)11(3)12-7-9-13(10-8-12)15(18)19-4/h7-11H,5-6H2,1-4H3. The minimum Gasteiger partial charge on any atom is -0.465 e. The van der Waals surface area contributed by atoms with E-state index in [1.54, 1.807) is 29.2 Å². The molecule has 19 heavy (non-hydrogen) atoms. The zero-order chi connectivity index (χ0) is 14.4. The molecule has 0 aromatic heterocycles. The van der Waals surface area contributed by atoms with E-state index in [0.717, 1.165) is 5.56 Å². The summed E-state index contributed by atoms with van der Waals surface area (Å²) in [5.41, 5.74) is 1.40. The summed E-state index contributed by atoms with van der Waals surface area (Å²) >= 11 is 0. The fourth-order valence-electron chi connectivity index (χ4n) is 1.98. The van der Waals surface area contributed by atoms with Crippen LogP contribution in [0.4, 0.5) is 0 Å². The lowest BCUT2D eigenvalue weighted by Gasteiger charge is -2.23. The van der Waals surface area contributed by atoms with E-state index >= 15 is 0 Å². The molecule has 4 heteroatoms. The number of esters is 1. The Bertz CT molecular complexity index is 435. The van der Waals surface area contributed by atoms with Gasteiger partial charge in [-0.2, -0.15) is 0 Å². The van der Waals surface area contributed by atoms with Crippen LogP contribution in [0.1, 0.15) is 42.6 Å². The predicted molar refractivity (Wildman–Crippen MR) is 74.1 cm³/mol. The summed E-state index contributed by atoms with van der Waals surface area (Å²) < 4.78 is 4.64. The third-order valence-corrected chi connectivity index (χ3v) is 3.28. The maximum absolute atomic E-state index is 12.2. The van der Waals surface area contributed by atoms with E-state index in [1.165, 1.54) is 7.11 Å². The van der Waals surface area contributed by atoms with E-state index in [2.05, 4.69) is 4.74 Å². The summed E-state index contributed by atoms with van der Waals surface area (Å²) in [6.07, 6.45) is 0. The van der Waals surface area contributed by atoms with Gasteiger partial charge in [-0.15, -0.1) is 0 Å². The van der Waals surface area contributed by atoms with Crippen LogP contribution in [-0.4, -0.2) is 37.0 Å². The third kappa shape index (κ3) is 3.56. The smallest absolute Gasteiger partial charge is 0.337 e. The minimum absolute atomic E-state index is 0.107. The van der Waals surface area contributed by atoms with Gasteiger partial charge in [0.25, 0.3) is 0 Å². The number of carbonyl (C=O) groups excluding carboxylic acids is 2. The summed E-state index contributed by atoms with van der Waals surface area (Å²) in [4.78, 5) is 25.4. The van der Waals surface area contributed by atoms with Gasteiger partial charge in [0.15, 0.2) is 0 Å². The Hall–Kier alpha value is -1.84. The molecule has 0 aliphatic carbocycles. The quantitative estimate of drug-likeness (QED) is 0.767. The van der Waals surface area contributed by atoms with Gasteiger partial charge in [0.2, 0.25) is 5.91 Å². The summed E-state index contributed by atoms with van der Waals surface area (Å²) in [5.74, 6) is -0.461. The van der Waals surface area contributed by atoms with Gasteiger partial charge < -0.3 is 9.64 Å². The first-order valence-electron chi connectivity index (χ1n) is 6.52. The molecule has 104 valence electrons. The number of nitrogens with zero attached hydrogens (tertiary/aromatic N) is 1. The molecule has 0 radical (unpaired) electrons. The zero-order valence-electron chi connectivity index (χ0n) is 12.0. The number of methoxy groups -OCH3 is 1. The monoisotopic (exact) mass is 263 g/mol. The van der Waals surface area contributed by atoms with Crippen LogP contribution in [0.15, 0.2) is 24.3 Å². The highest BCUT2D eigenvalue weighted by atomic mass is 16.5. The number of carbonyl (C=O) groups is 2. The highest BCUT2D eigenvalue weighted by molar-refractivity contribution is 5.89. The van der Waals surface area contributed by atoms with Crippen molar-refractivity contribution in [3.05, 3.63) is 35.4 Å². The summed E-state index contributed by atoms with van der Waals surface area (Å²) in [6.45, 7) is 7.23. The van der Waals surface area contributed by atoms with Gasteiger partial charge in [0.1, 0.15) is 0 Å². The van der Waals surface area contributed by atoms with E-state index < -0.39 is 0 Å². The molecule has 1 rings (SSSR count). The highest BCUT2D eigenvalue weighted by Gasteiger charge is 2.20. The van der Waals surface area contributed by atoms with E-state index in [9.17, 15) is 9.59 Å². The first kappa shape index (κ1) is 15.2. The topological polar surface area (TPSA) is 46.6 Å². The SMILES string of the molecule is CCN(CC)C(=O)C(C)c1ccc(C(=O)OC)cc1. The van der Waals surface area contributed by atoms with E-state index in [4.69, 9.17) is 0 Å². The second-order valence-electron chi connectivity index (χ2n) is 4.35. The van der Waals surface area contributed by atoms with Gasteiger partial charge in [-0.25, -0.2) is 4.79 Å². The third-order valence-electron chi connectivity index (χ3n) is 3.28. The molecule has 0 saturated heterocycles. The number of hydrogen-bond donors (Lipinski definition) is 0. The maximum atomic E-state index is 12.2. The van der Waals surface area contributed by atoms with Crippen LogP contribution in [0.2, 0.25) is 0 Å². The lowest BCUT2D eigenvalue weighted by atomic mass is 9.98. The van der Waals surface area contributed by atoms with Crippen molar-refractivity contribution in [2.75, 3.05) is 20.2 Å². The second kappa shape index (κ2) is 6.92. The fraction of sp³-hybridized carbons (Fsp3) is 0.467. The molecule has 0 bridgehead atoms. The lowest BCUT2D eigenvalue weighted by molar-refractivity contribution is -0.132. The largest absolute Gasteiger partial charge is 0.465 e. The average Bonchev–Trinajstić information content (AvgIpc) is 2.47. The molecule has 1 unspecified atom stereocenters. The van der Waals surface area contributed by atoms with Crippen molar-refractivity contribution in [3.63, 3.8) is 0 Å². The Morgan fingerprint density at radius 1 is 1.16 bits per heavy atom. The molecule has 0 N–H and O–H groups in total. The average molecular weight is 263 g/mol. The first-order valence-corrected chi connectivity index (χ1v) is 6.52. The Balaban J connectivity index is 2.86. The van der Waals surface area contributed by atoms with Crippen LogP contribution in [0, 0.1) is 0 Å². The van der Waals surface area contributed by atoms with Crippen molar-refractivity contribution in [2.45, 2.75) is 26.7 Å². The maximum Gasteiger partial charge on any atom is 0.337 e. The van der Waals surface area contributed by atoms with Crippen LogP contribution in [0.5, 0.6) is 0 Å². The van der Waals surface area contributed by atoms with E-state index in [1.807, 2.05) is 20.8 Å². The molecule has 1 aromatic carbocycles. The van der Waals surface area contributed by atoms with Gasteiger partial charge in [0, 0.05) is 13.1 Å². The van der Waals surface area contributed by atoms with Crippen molar-refractivity contribution < 1.29 is 14.3 Å². The Morgan fingerprint density at radius 3 is 2.11 bits per heavy atom. The zero-order valence-corrected chi connectivity index (χ0v) is 12.0. The van der Waals surface area contributed by atoms with Gasteiger partial charge in [0.05, 0.1) is 18.6 Å². The predicted octanol–water partition coefficient (Wildman–Crippen LogP) is 2.45. The molecule has 1 amide bonds. The molecule has 0 fully saturated rings. The Labute approximate surface area is 114 Å². The van der Waals surface area contributed by atoms with Crippen molar-refractivity contribution in [2.24, 2.45) is 0 Å². The number of amides is 1. The van der Waals surface area contributed by atoms with Crippen LogP contribution < -0.4 is 0 Å². The fourth-order valence-corrected chi connectivity index (χ4v) is 1.98. The van der Waals surface area contributed by atoms with Gasteiger partial charge in [-0.3, -0.25) is 4.79 Å².